The fourth-order valence-electron chi connectivity index (χ4n) is 4.05. The second-order valence-electron chi connectivity index (χ2n) is 9.51. The van der Waals surface area contributed by atoms with Crippen LogP contribution in [0.4, 0.5) is 0 Å². The van der Waals surface area contributed by atoms with Gasteiger partial charge in [-0.15, -0.1) is 0 Å². The molecule has 184 valence electrons. The van der Waals surface area contributed by atoms with Crippen molar-refractivity contribution in [1.82, 2.24) is 0 Å². The molecule has 4 aromatic rings. The highest BCUT2D eigenvalue weighted by Gasteiger charge is 2.26. The van der Waals surface area contributed by atoms with Crippen LogP contribution in [0, 0.1) is 5.41 Å². The van der Waals surface area contributed by atoms with E-state index in [0.29, 0.717) is 18.1 Å². The van der Waals surface area contributed by atoms with Crippen molar-refractivity contribution in [3.8, 4) is 22.6 Å². The molecule has 0 N–H and O–H groups in total. The first-order valence-corrected chi connectivity index (χ1v) is 11.9. The van der Waals surface area contributed by atoms with Crippen LogP contribution in [-0.2, 0) is 14.3 Å². The predicted octanol–water partition coefficient (Wildman–Crippen LogP) is 7.20. The normalized spacial score (nSPS) is 11.7. The number of ether oxygens (including phenoxy) is 3. The molecule has 5 heteroatoms. The van der Waals surface area contributed by atoms with Gasteiger partial charge in [0.25, 0.3) is 0 Å². The summed E-state index contributed by atoms with van der Waals surface area (Å²) < 4.78 is 16.8. The Bertz CT molecular complexity index is 1470. The lowest BCUT2D eigenvalue weighted by atomic mass is 9.91. The summed E-state index contributed by atoms with van der Waals surface area (Å²) >= 11 is 0. The van der Waals surface area contributed by atoms with Crippen molar-refractivity contribution in [3.05, 3.63) is 78.4 Å². The molecule has 0 bridgehead atoms. The Hall–Kier alpha value is -4.12. The molecule has 4 rings (SSSR count). The maximum atomic E-state index is 12.9. The van der Waals surface area contributed by atoms with Gasteiger partial charge in [0.15, 0.2) is 0 Å². The van der Waals surface area contributed by atoms with Gasteiger partial charge in [0.2, 0.25) is 0 Å². The molecular formula is C31H30O5. The highest BCUT2D eigenvalue weighted by molar-refractivity contribution is 6.10. The molecule has 0 saturated carbocycles. The fourth-order valence-corrected chi connectivity index (χ4v) is 4.05. The molecule has 0 aliphatic heterocycles. The zero-order valence-corrected chi connectivity index (χ0v) is 21.3. The number of hydrogen-bond donors (Lipinski definition) is 0. The van der Waals surface area contributed by atoms with Crippen LogP contribution in [0.25, 0.3) is 38.7 Å². The number of carbonyl (C=O) groups excluding carboxylic acids is 2. The molecule has 36 heavy (non-hydrogen) atoms. The highest BCUT2D eigenvalue weighted by Crippen LogP contribution is 2.46. The van der Waals surface area contributed by atoms with Crippen molar-refractivity contribution in [1.29, 1.82) is 0 Å². The van der Waals surface area contributed by atoms with Crippen molar-refractivity contribution in [3.63, 3.8) is 0 Å². The fraction of sp³-hybridized carbons (Fsp3) is 0.226. The van der Waals surface area contributed by atoms with Crippen LogP contribution >= 0.6 is 0 Å². The lowest BCUT2D eigenvalue weighted by Crippen LogP contribution is -2.25. The van der Waals surface area contributed by atoms with Crippen molar-refractivity contribution < 1.29 is 23.8 Å². The number of methoxy groups -OCH3 is 1. The van der Waals surface area contributed by atoms with E-state index in [1.165, 1.54) is 13.2 Å². The van der Waals surface area contributed by atoms with Crippen LogP contribution in [0.1, 0.15) is 33.3 Å². The van der Waals surface area contributed by atoms with Crippen LogP contribution in [0.15, 0.2) is 72.8 Å². The summed E-state index contributed by atoms with van der Waals surface area (Å²) in [4.78, 5) is 24.5. The second-order valence-corrected chi connectivity index (χ2v) is 9.51. The lowest BCUT2D eigenvalue weighted by molar-refractivity contribution is -0.143. The monoisotopic (exact) mass is 482 g/mol. The van der Waals surface area contributed by atoms with E-state index in [9.17, 15) is 9.59 Å². The molecule has 0 unspecified atom stereocenters. The zero-order chi connectivity index (χ0) is 25.9. The van der Waals surface area contributed by atoms with Gasteiger partial charge in [-0.1, -0.05) is 48.5 Å². The largest absolute Gasteiger partial charge is 0.493 e. The number of carbonyl (C=O) groups is 2. The van der Waals surface area contributed by atoms with E-state index >= 15 is 0 Å². The average molecular weight is 483 g/mol. The minimum atomic E-state index is -0.661. The van der Waals surface area contributed by atoms with E-state index in [0.717, 1.165) is 38.2 Å². The van der Waals surface area contributed by atoms with Gasteiger partial charge in [0, 0.05) is 17.2 Å². The molecule has 4 aromatic carbocycles. The molecule has 0 aliphatic carbocycles. The molecule has 0 amide bonds. The molecule has 0 atom stereocenters. The van der Waals surface area contributed by atoms with E-state index in [4.69, 9.17) is 14.2 Å². The van der Waals surface area contributed by atoms with E-state index < -0.39 is 11.4 Å². The molecule has 0 aromatic heterocycles. The molecular weight excluding hydrogens is 452 g/mol. The molecule has 0 aliphatic rings. The molecule has 0 radical (unpaired) electrons. The third-order valence-corrected chi connectivity index (χ3v) is 5.87. The number of benzene rings is 4. The number of fused-ring (bicyclic) bond motifs is 2. The van der Waals surface area contributed by atoms with Gasteiger partial charge in [-0.05, 0) is 79.1 Å². The summed E-state index contributed by atoms with van der Waals surface area (Å²) in [7, 11) is 1.35. The maximum absolute atomic E-state index is 12.9. The Kier molecular flexibility index (Phi) is 7.11. The van der Waals surface area contributed by atoms with Gasteiger partial charge in [0.05, 0.1) is 19.1 Å². The molecule has 0 heterocycles. The van der Waals surface area contributed by atoms with Gasteiger partial charge in [0.1, 0.15) is 11.5 Å². The zero-order valence-electron chi connectivity index (χ0n) is 21.3. The summed E-state index contributed by atoms with van der Waals surface area (Å²) in [5, 5.41) is 3.89. The first-order valence-electron chi connectivity index (χ1n) is 11.9. The van der Waals surface area contributed by atoms with Crippen molar-refractivity contribution in [2.45, 2.75) is 27.7 Å². The predicted molar refractivity (Wildman–Crippen MR) is 144 cm³/mol. The number of esters is 2. The van der Waals surface area contributed by atoms with Crippen LogP contribution in [0.2, 0.25) is 0 Å². The molecule has 0 saturated heterocycles. The molecule has 0 fully saturated rings. The van der Waals surface area contributed by atoms with E-state index in [1.807, 2.05) is 94.4 Å². The first-order chi connectivity index (χ1) is 17.2. The van der Waals surface area contributed by atoms with E-state index in [1.54, 1.807) is 6.08 Å². The third kappa shape index (κ3) is 5.10. The molecule has 0 spiro atoms. The van der Waals surface area contributed by atoms with Crippen LogP contribution < -0.4 is 9.47 Å². The first kappa shape index (κ1) is 25.0. The third-order valence-electron chi connectivity index (χ3n) is 5.87. The Labute approximate surface area is 211 Å². The summed E-state index contributed by atoms with van der Waals surface area (Å²) in [5.74, 6) is 0.458. The van der Waals surface area contributed by atoms with Crippen molar-refractivity contribution >= 4 is 39.6 Å². The van der Waals surface area contributed by atoms with Gasteiger partial charge in [-0.2, -0.15) is 0 Å². The van der Waals surface area contributed by atoms with Gasteiger partial charge >= 0.3 is 11.9 Å². The van der Waals surface area contributed by atoms with Crippen LogP contribution in [0.5, 0.6) is 11.5 Å². The average Bonchev–Trinajstić information content (AvgIpc) is 2.87. The minimum absolute atomic E-state index is 0.313. The van der Waals surface area contributed by atoms with Gasteiger partial charge in [-0.3, -0.25) is 4.79 Å². The lowest BCUT2D eigenvalue weighted by Gasteiger charge is -2.21. The summed E-state index contributed by atoms with van der Waals surface area (Å²) in [6.45, 7) is 7.94. The quantitative estimate of drug-likeness (QED) is 0.165. The summed E-state index contributed by atoms with van der Waals surface area (Å²) in [5.41, 5.74) is 1.86. The van der Waals surface area contributed by atoms with E-state index in [2.05, 4.69) is 0 Å². The van der Waals surface area contributed by atoms with Crippen LogP contribution in [0.3, 0.4) is 0 Å². The Morgan fingerprint density at radius 2 is 1.50 bits per heavy atom. The summed E-state index contributed by atoms with van der Waals surface area (Å²) in [6.07, 6.45) is 3.11. The van der Waals surface area contributed by atoms with E-state index in [-0.39, 0.29) is 5.97 Å². The van der Waals surface area contributed by atoms with Crippen LogP contribution in [-0.4, -0.2) is 25.7 Å². The van der Waals surface area contributed by atoms with Gasteiger partial charge in [-0.25, -0.2) is 4.79 Å². The smallest absolute Gasteiger partial charge is 0.330 e. The minimum Gasteiger partial charge on any atom is -0.493 e. The Morgan fingerprint density at radius 3 is 2.22 bits per heavy atom. The second kappa shape index (κ2) is 10.2. The summed E-state index contributed by atoms with van der Waals surface area (Å²) in [6, 6.07) is 21.7. The SMILES string of the molecule is CCOc1ccc2cc(/C=C/C(=O)OC)ccc2c1-c1c(OC(=O)C(C)(C)C)ccc2ccccc12. The topological polar surface area (TPSA) is 61.8 Å². The Balaban J connectivity index is 2.01. The maximum Gasteiger partial charge on any atom is 0.330 e. The highest BCUT2D eigenvalue weighted by atomic mass is 16.5. The standard InChI is InChI=1S/C31H30O5/c1-6-35-25-16-14-22-19-20(12-18-27(32)34-5)11-15-24(22)28(25)29-23-10-8-7-9-21(23)13-17-26(29)36-30(33)31(2,3)4/h7-19H,6H2,1-5H3/b18-12+. The van der Waals surface area contributed by atoms with Crippen molar-refractivity contribution in [2.24, 2.45) is 5.41 Å². The number of rotatable bonds is 6. The Morgan fingerprint density at radius 1 is 0.833 bits per heavy atom. The molecule has 5 nitrogen and oxygen atoms in total. The van der Waals surface area contributed by atoms with Crippen molar-refractivity contribution in [2.75, 3.05) is 13.7 Å². The van der Waals surface area contributed by atoms with Gasteiger partial charge < -0.3 is 14.2 Å². The number of hydrogen-bond acceptors (Lipinski definition) is 5.